The molecular formula is C20H26ClN3O3. The van der Waals surface area contributed by atoms with Crippen LogP contribution in [0.1, 0.15) is 24.8 Å². The third-order valence-electron chi connectivity index (χ3n) is 6.03. The highest BCUT2D eigenvalue weighted by Gasteiger charge is 2.45. The number of likely N-dealkylation sites (tertiary alicyclic amines) is 2. The molecule has 1 aromatic carbocycles. The Bertz CT molecular complexity index is 695. The van der Waals surface area contributed by atoms with E-state index in [9.17, 15) is 9.59 Å². The molecule has 1 atom stereocenters. The summed E-state index contributed by atoms with van der Waals surface area (Å²) < 4.78 is 5.59. The topological polar surface area (TPSA) is 61.9 Å². The number of benzene rings is 1. The molecule has 3 saturated heterocycles. The molecule has 0 saturated carbocycles. The molecule has 2 amide bonds. The number of hydrogen-bond acceptors (Lipinski definition) is 4. The number of carbonyl (C=O) groups is 2. The minimum Gasteiger partial charge on any atom is -0.366 e. The van der Waals surface area contributed by atoms with E-state index in [2.05, 4.69) is 5.32 Å². The van der Waals surface area contributed by atoms with Crippen molar-refractivity contribution in [3.05, 3.63) is 34.9 Å². The van der Waals surface area contributed by atoms with Crippen molar-refractivity contribution in [1.29, 1.82) is 0 Å². The van der Waals surface area contributed by atoms with Gasteiger partial charge in [0, 0.05) is 56.1 Å². The summed E-state index contributed by atoms with van der Waals surface area (Å²) in [6.45, 7) is 4.80. The van der Waals surface area contributed by atoms with Gasteiger partial charge in [-0.15, -0.1) is 0 Å². The zero-order valence-corrected chi connectivity index (χ0v) is 16.2. The third-order valence-corrected chi connectivity index (χ3v) is 6.28. The predicted molar refractivity (Wildman–Crippen MR) is 102 cm³/mol. The Labute approximate surface area is 164 Å². The fourth-order valence-electron chi connectivity index (χ4n) is 4.40. The van der Waals surface area contributed by atoms with Gasteiger partial charge in [0.05, 0.1) is 6.61 Å². The van der Waals surface area contributed by atoms with E-state index in [4.69, 9.17) is 16.3 Å². The molecule has 1 spiro atoms. The Morgan fingerprint density at radius 1 is 1.26 bits per heavy atom. The maximum atomic E-state index is 12.6. The second-order valence-electron chi connectivity index (χ2n) is 7.94. The highest BCUT2D eigenvalue weighted by Crippen LogP contribution is 2.41. The lowest BCUT2D eigenvalue weighted by atomic mass is 9.77. The van der Waals surface area contributed by atoms with Crippen molar-refractivity contribution in [2.75, 3.05) is 39.3 Å². The van der Waals surface area contributed by atoms with Gasteiger partial charge in [-0.2, -0.15) is 0 Å². The molecule has 0 aromatic heterocycles. The average molecular weight is 392 g/mol. The van der Waals surface area contributed by atoms with Gasteiger partial charge in [0.2, 0.25) is 5.91 Å². The molecule has 3 aliphatic heterocycles. The van der Waals surface area contributed by atoms with Crippen LogP contribution in [0.5, 0.6) is 0 Å². The maximum Gasteiger partial charge on any atom is 0.253 e. The summed E-state index contributed by atoms with van der Waals surface area (Å²) in [5.74, 6) is 0.295. The van der Waals surface area contributed by atoms with Crippen LogP contribution in [0.15, 0.2) is 24.3 Å². The van der Waals surface area contributed by atoms with Crippen molar-refractivity contribution >= 4 is 23.4 Å². The van der Waals surface area contributed by atoms with Crippen LogP contribution in [0.3, 0.4) is 0 Å². The Morgan fingerprint density at radius 2 is 2.00 bits per heavy atom. The lowest BCUT2D eigenvalue weighted by Gasteiger charge is -2.40. The van der Waals surface area contributed by atoms with E-state index < -0.39 is 0 Å². The first kappa shape index (κ1) is 18.7. The number of ether oxygens (including phenoxy) is 1. The Kier molecular flexibility index (Phi) is 5.39. The smallest absolute Gasteiger partial charge is 0.253 e. The molecule has 1 N–H and O–H groups in total. The highest BCUT2D eigenvalue weighted by atomic mass is 35.5. The molecule has 1 unspecified atom stereocenters. The van der Waals surface area contributed by atoms with Gasteiger partial charge in [-0.05, 0) is 30.5 Å². The van der Waals surface area contributed by atoms with Crippen molar-refractivity contribution < 1.29 is 14.3 Å². The van der Waals surface area contributed by atoms with E-state index in [0.29, 0.717) is 44.2 Å². The van der Waals surface area contributed by atoms with E-state index in [1.54, 1.807) is 0 Å². The first-order valence-corrected chi connectivity index (χ1v) is 10.1. The summed E-state index contributed by atoms with van der Waals surface area (Å²) in [5, 5.41) is 3.92. The minimum atomic E-state index is -0.362. The first-order valence-electron chi connectivity index (χ1n) is 9.68. The lowest BCUT2D eigenvalue weighted by molar-refractivity contribution is -0.147. The van der Waals surface area contributed by atoms with Gasteiger partial charge in [-0.1, -0.05) is 23.7 Å². The summed E-state index contributed by atoms with van der Waals surface area (Å²) in [6, 6.07) is 7.67. The molecular weight excluding hydrogens is 366 g/mol. The number of nitrogens with zero attached hydrogens (tertiary/aromatic N) is 2. The molecule has 3 aliphatic rings. The van der Waals surface area contributed by atoms with Gasteiger partial charge in [0.1, 0.15) is 6.10 Å². The van der Waals surface area contributed by atoms with Crippen LogP contribution < -0.4 is 5.32 Å². The third kappa shape index (κ3) is 4.13. The number of carbonyl (C=O) groups excluding carboxylic acids is 2. The molecule has 27 heavy (non-hydrogen) atoms. The van der Waals surface area contributed by atoms with Crippen LogP contribution in [-0.2, 0) is 20.9 Å². The summed E-state index contributed by atoms with van der Waals surface area (Å²) in [4.78, 5) is 29.1. The first-order chi connectivity index (χ1) is 13.0. The number of piperidine rings is 1. The predicted octanol–water partition coefficient (Wildman–Crippen LogP) is 1.67. The Hall–Kier alpha value is -1.63. The van der Waals surface area contributed by atoms with Crippen LogP contribution in [0.25, 0.3) is 0 Å². The molecule has 3 heterocycles. The molecule has 0 radical (unpaired) electrons. The molecule has 4 rings (SSSR count). The van der Waals surface area contributed by atoms with Gasteiger partial charge in [0.25, 0.3) is 5.91 Å². The van der Waals surface area contributed by atoms with Crippen molar-refractivity contribution in [3.8, 4) is 0 Å². The van der Waals surface area contributed by atoms with Gasteiger partial charge >= 0.3 is 0 Å². The molecule has 3 fully saturated rings. The summed E-state index contributed by atoms with van der Waals surface area (Å²) in [7, 11) is 0. The van der Waals surface area contributed by atoms with Crippen molar-refractivity contribution in [3.63, 3.8) is 0 Å². The second kappa shape index (κ2) is 7.78. The Morgan fingerprint density at radius 3 is 2.67 bits per heavy atom. The normalized spacial score (nSPS) is 25.2. The van der Waals surface area contributed by atoms with Crippen LogP contribution in [-0.4, -0.2) is 67.0 Å². The van der Waals surface area contributed by atoms with Crippen molar-refractivity contribution in [2.24, 2.45) is 5.41 Å². The maximum absolute atomic E-state index is 12.6. The number of halogens is 1. The monoisotopic (exact) mass is 391 g/mol. The molecule has 0 bridgehead atoms. The molecule has 0 aliphatic carbocycles. The van der Waals surface area contributed by atoms with E-state index in [-0.39, 0.29) is 23.3 Å². The van der Waals surface area contributed by atoms with Crippen LogP contribution in [0.2, 0.25) is 5.02 Å². The van der Waals surface area contributed by atoms with Crippen LogP contribution >= 0.6 is 11.6 Å². The van der Waals surface area contributed by atoms with Gasteiger partial charge in [-0.3, -0.25) is 9.59 Å². The largest absolute Gasteiger partial charge is 0.366 e. The standard InChI is InChI=1S/C20H26ClN3O3/c21-16-3-1-15(2-4-16)13-24-14-20(11-18(24)25)5-8-23(9-6-20)19(26)17-12-22-7-10-27-17/h1-4,17,22H,5-14H2. The summed E-state index contributed by atoms with van der Waals surface area (Å²) in [6.07, 6.45) is 1.98. The number of nitrogens with one attached hydrogen (secondary N) is 1. The molecule has 146 valence electrons. The number of hydrogen-bond donors (Lipinski definition) is 1. The minimum absolute atomic E-state index is 0.00591. The van der Waals surface area contributed by atoms with Crippen LogP contribution in [0, 0.1) is 5.41 Å². The zero-order chi connectivity index (χ0) is 18.9. The fraction of sp³-hybridized carbons (Fsp3) is 0.600. The van der Waals surface area contributed by atoms with Crippen LogP contribution in [0.4, 0.5) is 0 Å². The number of amides is 2. The van der Waals surface area contributed by atoms with Gasteiger partial charge in [-0.25, -0.2) is 0 Å². The summed E-state index contributed by atoms with van der Waals surface area (Å²) in [5.41, 5.74) is 1.10. The van der Waals surface area contributed by atoms with E-state index in [0.717, 1.165) is 31.5 Å². The van der Waals surface area contributed by atoms with Crippen molar-refractivity contribution in [1.82, 2.24) is 15.1 Å². The van der Waals surface area contributed by atoms with Crippen molar-refractivity contribution in [2.45, 2.75) is 31.9 Å². The second-order valence-corrected chi connectivity index (χ2v) is 8.38. The zero-order valence-electron chi connectivity index (χ0n) is 15.5. The Balaban J connectivity index is 1.33. The van der Waals surface area contributed by atoms with Gasteiger partial charge < -0.3 is 19.9 Å². The quantitative estimate of drug-likeness (QED) is 0.851. The number of morpholine rings is 1. The average Bonchev–Trinajstić information content (AvgIpc) is 2.99. The van der Waals surface area contributed by atoms with E-state index in [1.165, 1.54) is 0 Å². The molecule has 1 aromatic rings. The number of rotatable bonds is 3. The van der Waals surface area contributed by atoms with E-state index in [1.807, 2.05) is 34.1 Å². The fourth-order valence-corrected chi connectivity index (χ4v) is 4.53. The lowest BCUT2D eigenvalue weighted by Crippen LogP contribution is -2.52. The van der Waals surface area contributed by atoms with Gasteiger partial charge in [0.15, 0.2) is 0 Å². The molecule has 7 heteroatoms. The summed E-state index contributed by atoms with van der Waals surface area (Å²) >= 11 is 5.94. The SMILES string of the molecule is O=C1CC2(CCN(C(=O)C3CNCCO3)CC2)CN1Cc1ccc(Cl)cc1. The van der Waals surface area contributed by atoms with E-state index >= 15 is 0 Å². The molecule has 6 nitrogen and oxygen atoms in total. The highest BCUT2D eigenvalue weighted by molar-refractivity contribution is 6.30.